The summed E-state index contributed by atoms with van der Waals surface area (Å²) in [6.45, 7) is 5.08. The first kappa shape index (κ1) is 22.7. The van der Waals surface area contributed by atoms with Gasteiger partial charge < -0.3 is 15.4 Å². The number of rotatable bonds is 7. The monoisotopic (exact) mass is 473 g/mol. The molecule has 7 nitrogen and oxygen atoms in total. The van der Waals surface area contributed by atoms with Gasteiger partial charge in [-0.1, -0.05) is 30.0 Å². The van der Waals surface area contributed by atoms with E-state index in [2.05, 4.69) is 15.6 Å². The van der Waals surface area contributed by atoms with Crippen LogP contribution < -0.4 is 15.4 Å². The Morgan fingerprint density at radius 1 is 1.19 bits per heavy atom. The van der Waals surface area contributed by atoms with Crippen LogP contribution in [0.1, 0.15) is 28.4 Å². The van der Waals surface area contributed by atoms with Crippen LogP contribution in [0.25, 0.3) is 0 Å². The topological polar surface area (TPSA) is 96.9 Å². The molecule has 1 fully saturated rings. The number of aryl methyl sites for hydroxylation is 1. The highest BCUT2D eigenvalue weighted by atomic mass is 32.2. The summed E-state index contributed by atoms with van der Waals surface area (Å²) in [5, 5.41) is 6.95. The van der Waals surface area contributed by atoms with E-state index >= 15 is 0 Å². The number of carbonyl (C=O) groups is 1. The summed E-state index contributed by atoms with van der Waals surface area (Å²) in [5.41, 5.74) is 3.49. The van der Waals surface area contributed by atoms with Crippen molar-refractivity contribution in [3.05, 3.63) is 59.2 Å². The molecule has 2 aromatic carbocycles. The van der Waals surface area contributed by atoms with Crippen LogP contribution in [0.15, 0.2) is 47.5 Å². The normalized spacial score (nSPS) is 21.0. The summed E-state index contributed by atoms with van der Waals surface area (Å²) in [7, 11) is -2.98. The molecule has 0 aromatic heterocycles. The van der Waals surface area contributed by atoms with Crippen LogP contribution in [0, 0.1) is 6.92 Å². The number of fused-ring (bicyclic) bond motifs is 1. The molecule has 2 N–H and O–H groups in total. The molecule has 2 aliphatic rings. The van der Waals surface area contributed by atoms with E-state index in [-0.39, 0.29) is 28.7 Å². The Morgan fingerprint density at radius 2 is 1.97 bits per heavy atom. The molecule has 0 saturated carbocycles. The quantitative estimate of drug-likeness (QED) is 0.642. The lowest BCUT2D eigenvalue weighted by Gasteiger charge is -2.12. The first-order valence-corrected chi connectivity index (χ1v) is 13.4. The summed E-state index contributed by atoms with van der Waals surface area (Å²) >= 11 is 1.47. The maximum Gasteiger partial charge on any atom is 0.251 e. The third kappa shape index (κ3) is 5.45. The van der Waals surface area contributed by atoms with Gasteiger partial charge in [0.05, 0.1) is 24.2 Å². The molecule has 2 aliphatic heterocycles. The van der Waals surface area contributed by atoms with Crippen LogP contribution >= 0.6 is 11.8 Å². The van der Waals surface area contributed by atoms with Gasteiger partial charge in [0.1, 0.15) is 5.75 Å². The fraction of sp³-hybridized carbons (Fsp3) is 0.391. The van der Waals surface area contributed by atoms with Crippen molar-refractivity contribution in [1.82, 2.24) is 5.32 Å². The second-order valence-electron chi connectivity index (χ2n) is 7.97. The second-order valence-corrected chi connectivity index (χ2v) is 11.4. The van der Waals surface area contributed by atoms with Crippen molar-refractivity contribution in [1.29, 1.82) is 0 Å². The van der Waals surface area contributed by atoms with Crippen LogP contribution in [0.4, 0.5) is 5.69 Å². The van der Waals surface area contributed by atoms with Gasteiger partial charge in [-0.25, -0.2) is 8.42 Å². The largest absolute Gasteiger partial charge is 0.494 e. The zero-order valence-electron chi connectivity index (χ0n) is 18.1. The minimum absolute atomic E-state index is 0.0168. The highest BCUT2D eigenvalue weighted by Gasteiger charge is 2.42. The van der Waals surface area contributed by atoms with E-state index in [9.17, 15) is 13.2 Å². The number of anilines is 1. The van der Waals surface area contributed by atoms with Crippen molar-refractivity contribution in [3.63, 3.8) is 0 Å². The van der Waals surface area contributed by atoms with Crippen molar-refractivity contribution in [2.75, 3.05) is 30.0 Å². The minimum atomic E-state index is -2.98. The first-order chi connectivity index (χ1) is 15.3. The van der Waals surface area contributed by atoms with Gasteiger partial charge in [0, 0.05) is 23.0 Å². The number of amidine groups is 1. The maximum absolute atomic E-state index is 12.6. The Balaban J connectivity index is 1.33. The predicted molar refractivity (Wildman–Crippen MR) is 130 cm³/mol. The van der Waals surface area contributed by atoms with Crippen LogP contribution in [0.2, 0.25) is 0 Å². The number of nitrogens with one attached hydrogen (secondary N) is 2. The number of benzene rings is 2. The van der Waals surface area contributed by atoms with Crippen molar-refractivity contribution >= 4 is 38.4 Å². The number of carbonyl (C=O) groups excluding carboxylic acids is 1. The Bertz CT molecular complexity index is 1130. The van der Waals surface area contributed by atoms with Crippen LogP contribution in [-0.4, -0.2) is 55.4 Å². The molecule has 32 heavy (non-hydrogen) atoms. The van der Waals surface area contributed by atoms with Gasteiger partial charge in [0.15, 0.2) is 15.0 Å². The average Bonchev–Trinajstić information content (AvgIpc) is 3.23. The lowest BCUT2D eigenvalue weighted by Crippen LogP contribution is -2.25. The van der Waals surface area contributed by atoms with E-state index in [1.807, 2.05) is 50.2 Å². The van der Waals surface area contributed by atoms with Crippen LogP contribution in [0.5, 0.6) is 5.75 Å². The summed E-state index contributed by atoms with van der Waals surface area (Å²) in [6.07, 6.45) is 0.730. The molecule has 2 heterocycles. The van der Waals surface area contributed by atoms with Gasteiger partial charge in [-0.3, -0.25) is 9.79 Å². The van der Waals surface area contributed by atoms with Crippen molar-refractivity contribution in [2.45, 2.75) is 31.6 Å². The molecular weight excluding hydrogens is 446 g/mol. The molecular formula is C23H27N3O4S2. The van der Waals surface area contributed by atoms with Crippen molar-refractivity contribution < 1.29 is 17.9 Å². The molecule has 0 unspecified atom stereocenters. The molecule has 9 heteroatoms. The number of sulfone groups is 1. The zero-order chi connectivity index (χ0) is 22.7. The maximum atomic E-state index is 12.6. The molecule has 0 radical (unpaired) electrons. The number of hydrogen-bond donors (Lipinski definition) is 2. The molecule has 0 bridgehead atoms. The van der Waals surface area contributed by atoms with Gasteiger partial charge in [-0.05, 0) is 55.7 Å². The Labute approximate surface area is 193 Å². The summed E-state index contributed by atoms with van der Waals surface area (Å²) < 4.78 is 28.9. The predicted octanol–water partition coefficient (Wildman–Crippen LogP) is 3.05. The molecule has 1 saturated heterocycles. The van der Waals surface area contributed by atoms with Crippen molar-refractivity contribution in [3.8, 4) is 5.75 Å². The third-order valence-electron chi connectivity index (χ3n) is 5.49. The Morgan fingerprint density at radius 3 is 2.69 bits per heavy atom. The van der Waals surface area contributed by atoms with E-state index in [0.29, 0.717) is 23.9 Å². The summed E-state index contributed by atoms with van der Waals surface area (Å²) in [5.74, 6) is 0.997. The van der Waals surface area contributed by atoms with E-state index in [1.54, 1.807) is 6.07 Å². The van der Waals surface area contributed by atoms with Gasteiger partial charge >= 0.3 is 0 Å². The summed E-state index contributed by atoms with van der Waals surface area (Å²) in [4.78, 5) is 17.2. The second kappa shape index (κ2) is 9.54. The lowest BCUT2D eigenvalue weighted by molar-refractivity contribution is 0.0954. The standard InChI is InChI=1S/C23H27N3O4S2/c1-3-30-18-8-5-16(6-9-18)10-11-24-22(27)17-7-4-15(2)19(12-17)25-23-26-20-13-32(28,29)14-21(20)31-23/h4-9,12,20-21H,3,10-11,13-14H2,1-2H3,(H,24,27)(H,25,26)/t20-,21-/m1/s1. The molecule has 170 valence electrons. The molecule has 1 amide bonds. The zero-order valence-corrected chi connectivity index (χ0v) is 19.8. The highest BCUT2D eigenvalue weighted by molar-refractivity contribution is 8.15. The smallest absolute Gasteiger partial charge is 0.251 e. The van der Waals surface area contributed by atoms with Gasteiger partial charge in [-0.15, -0.1) is 0 Å². The highest BCUT2D eigenvalue weighted by Crippen LogP contribution is 2.35. The average molecular weight is 474 g/mol. The van der Waals surface area contributed by atoms with Gasteiger partial charge in [0.25, 0.3) is 5.91 Å². The molecule has 0 aliphatic carbocycles. The SMILES string of the molecule is CCOc1ccc(CCNC(=O)c2ccc(C)c(NC3=N[C@@H]4CS(=O)(=O)C[C@H]4S3)c2)cc1. The van der Waals surface area contributed by atoms with Crippen LogP contribution in [0.3, 0.4) is 0 Å². The molecule has 2 aromatic rings. The van der Waals surface area contributed by atoms with Gasteiger partial charge in [0.2, 0.25) is 0 Å². The number of ether oxygens (including phenoxy) is 1. The van der Waals surface area contributed by atoms with Gasteiger partial charge in [-0.2, -0.15) is 0 Å². The number of aliphatic imine (C=N–C) groups is 1. The Hall–Kier alpha value is -2.52. The minimum Gasteiger partial charge on any atom is -0.494 e. The van der Waals surface area contributed by atoms with Crippen molar-refractivity contribution in [2.24, 2.45) is 4.99 Å². The molecule has 0 spiro atoms. The number of hydrogen-bond acceptors (Lipinski definition) is 7. The third-order valence-corrected chi connectivity index (χ3v) is 8.63. The fourth-order valence-electron chi connectivity index (χ4n) is 3.77. The van der Waals surface area contributed by atoms with E-state index < -0.39 is 9.84 Å². The number of amides is 1. The molecule has 2 atom stereocenters. The lowest BCUT2D eigenvalue weighted by atomic mass is 10.1. The fourth-order valence-corrected chi connectivity index (χ4v) is 7.44. The number of thioether (sulfide) groups is 1. The van der Waals surface area contributed by atoms with E-state index in [1.165, 1.54) is 11.8 Å². The Kier molecular flexibility index (Phi) is 6.76. The van der Waals surface area contributed by atoms with E-state index in [0.717, 1.165) is 29.0 Å². The summed E-state index contributed by atoms with van der Waals surface area (Å²) in [6, 6.07) is 13.2. The molecule has 4 rings (SSSR count). The van der Waals surface area contributed by atoms with Crippen LogP contribution in [-0.2, 0) is 16.3 Å². The van der Waals surface area contributed by atoms with E-state index in [4.69, 9.17) is 4.74 Å². The number of nitrogens with zero attached hydrogens (tertiary/aromatic N) is 1. The first-order valence-electron chi connectivity index (χ1n) is 10.7.